The zero-order valence-electron chi connectivity index (χ0n) is 9.99. The quantitative estimate of drug-likeness (QED) is 0.795. The van der Waals surface area contributed by atoms with Gasteiger partial charge in [0.15, 0.2) is 0 Å². The van der Waals surface area contributed by atoms with Gasteiger partial charge in [0.2, 0.25) is 5.91 Å². The van der Waals surface area contributed by atoms with E-state index in [1.165, 1.54) is 18.2 Å². The van der Waals surface area contributed by atoms with Crippen LogP contribution in [-0.2, 0) is 9.63 Å². The van der Waals surface area contributed by atoms with Crippen LogP contribution in [0.4, 0.5) is 15.8 Å². The molecule has 0 spiro atoms. The highest BCUT2D eigenvalue weighted by Gasteiger charge is 2.13. The number of nitrogen functional groups attached to an aromatic ring is 1. The molecule has 1 aromatic rings. The van der Waals surface area contributed by atoms with Crippen molar-refractivity contribution < 1.29 is 14.0 Å². The van der Waals surface area contributed by atoms with Crippen LogP contribution < -0.4 is 11.1 Å². The van der Waals surface area contributed by atoms with Crippen LogP contribution in [-0.4, -0.2) is 30.7 Å². The summed E-state index contributed by atoms with van der Waals surface area (Å²) in [5.74, 6) is -0.630. The van der Waals surface area contributed by atoms with Gasteiger partial charge in [0, 0.05) is 25.2 Å². The van der Waals surface area contributed by atoms with Gasteiger partial charge in [-0.3, -0.25) is 9.63 Å². The van der Waals surface area contributed by atoms with E-state index < -0.39 is 5.82 Å². The van der Waals surface area contributed by atoms with Crippen LogP contribution >= 0.6 is 0 Å². The molecule has 0 radical (unpaired) electrons. The molecule has 0 aromatic heterocycles. The number of nitrogens with zero attached hydrogens (tertiary/aromatic N) is 1. The third kappa shape index (κ3) is 3.41. The molecule has 18 heavy (non-hydrogen) atoms. The average molecular weight is 253 g/mol. The minimum Gasteiger partial charge on any atom is -0.396 e. The number of hydrogen-bond donors (Lipinski definition) is 2. The number of hydroxylamine groups is 2. The van der Waals surface area contributed by atoms with E-state index in [0.29, 0.717) is 18.7 Å². The lowest BCUT2D eigenvalue weighted by Gasteiger charge is -2.13. The zero-order valence-corrected chi connectivity index (χ0v) is 9.99. The van der Waals surface area contributed by atoms with Crippen molar-refractivity contribution in [2.24, 2.45) is 0 Å². The van der Waals surface area contributed by atoms with Crippen LogP contribution in [0.15, 0.2) is 18.2 Å². The second-order valence-electron chi connectivity index (χ2n) is 4.15. The van der Waals surface area contributed by atoms with Crippen molar-refractivity contribution in [2.45, 2.75) is 12.8 Å². The average Bonchev–Trinajstić information content (AvgIpc) is 2.84. The molecule has 1 heterocycles. The first-order chi connectivity index (χ1) is 8.65. The van der Waals surface area contributed by atoms with Gasteiger partial charge in [0.1, 0.15) is 5.82 Å². The van der Waals surface area contributed by atoms with E-state index in [4.69, 9.17) is 10.6 Å². The molecule has 1 fully saturated rings. The molecular formula is C12H16FN3O2. The van der Waals surface area contributed by atoms with E-state index in [1.807, 2.05) is 0 Å². The van der Waals surface area contributed by atoms with Crippen LogP contribution in [0.25, 0.3) is 0 Å². The SMILES string of the molecule is Nc1cc(NC(=O)CCN2CCCO2)ccc1F. The Morgan fingerprint density at radius 1 is 1.56 bits per heavy atom. The van der Waals surface area contributed by atoms with Crippen molar-refractivity contribution >= 4 is 17.3 Å². The first-order valence-electron chi connectivity index (χ1n) is 5.88. The minimum atomic E-state index is -0.488. The normalized spacial score (nSPS) is 15.8. The first-order valence-corrected chi connectivity index (χ1v) is 5.88. The molecule has 0 bridgehead atoms. The van der Waals surface area contributed by atoms with Gasteiger partial charge in [-0.2, -0.15) is 5.06 Å². The lowest BCUT2D eigenvalue weighted by molar-refractivity contribution is -0.126. The fourth-order valence-electron chi connectivity index (χ4n) is 1.75. The third-order valence-electron chi connectivity index (χ3n) is 2.69. The number of amides is 1. The summed E-state index contributed by atoms with van der Waals surface area (Å²) in [4.78, 5) is 16.9. The van der Waals surface area contributed by atoms with E-state index in [2.05, 4.69) is 5.32 Å². The monoisotopic (exact) mass is 253 g/mol. The number of hydrogen-bond acceptors (Lipinski definition) is 4. The minimum absolute atomic E-state index is 0.0238. The van der Waals surface area contributed by atoms with Crippen LogP contribution in [0.1, 0.15) is 12.8 Å². The summed E-state index contributed by atoms with van der Waals surface area (Å²) in [6.45, 7) is 2.13. The highest BCUT2D eigenvalue weighted by atomic mass is 19.1. The smallest absolute Gasteiger partial charge is 0.225 e. The summed E-state index contributed by atoms with van der Waals surface area (Å²) >= 11 is 0. The Hall–Kier alpha value is -1.66. The van der Waals surface area contributed by atoms with E-state index in [9.17, 15) is 9.18 Å². The summed E-state index contributed by atoms with van der Waals surface area (Å²) in [5, 5.41) is 4.44. The van der Waals surface area contributed by atoms with E-state index in [1.54, 1.807) is 5.06 Å². The van der Waals surface area contributed by atoms with Crippen molar-refractivity contribution in [2.75, 3.05) is 30.7 Å². The van der Waals surface area contributed by atoms with Crippen molar-refractivity contribution in [1.82, 2.24) is 5.06 Å². The molecule has 1 aliphatic rings. The molecule has 0 unspecified atom stereocenters. The van der Waals surface area contributed by atoms with Gasteiger partial charge in [-0.1, -0.05) is 0 Å². The number of benzene rings is 1. The number of carbonyl (C=O) groups is 1. The predicted octanol–water partition coefficient (Wildman–Crippen LogP) is 1.37. The van der Waals surface area contributed by atoms with E-state index >= 15 is 0 Å². The molecule has 5 nitrogen and oxygen atoms in total. The largest absolute Gasteiger partial charge is 0.396 e. The van der Waals surface area contributed by atoms with Gasteiger partial charge in [0.05, 0.1) is 12.3 Å². The van der Waals surface area contributed by atoms with E-state index in [-0.39, 0.29) is 11.6 Å². The lowest BCUT2D eigenvalue weighted by atomic mass is 10.2. The summed E-state index contributed by atoms with van der Waals surface area (Å²) in [6.07, 6.45) is 1.33. The summed E-state index contributed by atoms with van der Waals surface area (Å²) in [7, 11) is 0. The molecule has 1 aromatic carbocycles. The molecule has 1 saturated heterocycles. The molecule has 0 aliphatic carbocycles. The number of rotatable bonds is 4. The molecule has 0 atom stereocenters. The zero-order chi connectivity index (χ0) is 13.0. The van der Waals surface area contributed by atoms with Crippen molar-refractivity contribution in [1.29, 1.82) is 0 Å². The van der Waals surface area contributed by atoms with Crippen LogP contribution in [0.2, 0.25) is 0 Å². The summed E-state index contributed by atoms with van der Waals surface area (Å²) < 4.78 is 12.9. The van der Waals surface area contributed by atoms with Crippen molar-refractivity contribution in [3.8, 4) is 0 Å². The standard InChI is InChI=1S/C12H16FN3O2/c13-10-3-2-9(8-11(10)14)15-12(17)4-6-16-5-1-7-18-16/h2-3,8H,1,4-7,14H2,(H,15,17). The first kappa shape index (κ1) is 12.8. The number of nitrogens with one attached hydrogen (secondary N) is 1. The molecule has 3 N–H and O–H groups in total. The molecular weight excluding hydrogens is 237 g/mol. The third-order valence-corrected chi connectivity index (χ3v) is 2.69. The Bertz CT molecular complexity index is 433. The Kier molecular flexibility index (Phi) is 4.11. The van der Waals surface area contributed by atoms with Gasteiger partial charge in [-0.15, -0.1) is 0 Å². The van der Waals surface area contributed by atoms with Gasteiger partial charge >= 0.3 is 0 Å². The molecule has 6 heteroatoms. The van der Waals surface area contributed by atoms with Crippen LogP contribution in [0.3, 0.4) is 0 Å². The molecule has 2 rings (SSSR count). The lowest BCUT2D eigenvalue weighted by Crippen LogP contribution is -2.24. The Morgan fingerprint density at radius 3 is 3.06 bits per heavy atom. The predicted molar refractivity (Wildman–Crippen MR) is 66.2 cm³/mol. The van der Waals surface area contributed by atoms with E-state index in [0.717, 1.165) is 19.6 Å². The summed E-state index contributed by atoms with van der Waals surface area (Å²) in [6, 6.07) is 4.12. The van der Waals surface area contributed by atoms with Gasteiger partial charge < -0.3 is 11.1 Å². The number of halogens is 1. The molecule has 1 aliphatic heterocycles. The summed E-state index contributed by atoms with van der Waals surface area (Å²) in [5.41, 5.74) is 5.94. The molecule has 1 amide bonds. The van der Waals surface area contributed by atoms with Gasteiger partial charge in [-0.05, 0) is 24.6 Å². The number of nitrogens with two attached hydrogens (primary N) is 1. The number of anilines is 2. The van der Waals surface area contributed by atoms with Crippen LogP contribution in [0, 0.1) is 5.82 Å². The molecule has 98 valence electrons. The fourth-order valence-corrected chi connectivity index (χ4v) is 1.75. The Balaban J connectivity index is 1.80. The second kappa shape index (κ2) is 5.79. The number of carbonyl (C=O) groups excluding carboxylic acids is 1. The van der Waals surface area contributed by atoms with Crippen molar-refractivity contribution in [3.05, 3.63) is 24.0 Å². The topological polar surface area (TPSA) is 67.6 Å². The maximum atomic E-state index is 12.9. The highest BCUT2D eigenvalue weighted by Crippen LogP contribution is 2.16. The van der Waals surface area contributed by atoms with Gasteiger partial charge in [-0.25, -0.2) is 4.39 Å². The maximum Gasteiger partial charge on any atom is 0.225 e. The maximum absolute atomic E-state index is 12.9. The van der Waals surface area contributed by atoms with Gasteiger partial charge in [0.25, 0.3) is 0 Å². The Morgan fingerprint density at radius 2 is 2.39 bits per heavy atom. The highest BCUT2D eigenvalue weighted by molar-refractivity contribution is 5.91. The second-order valence-corrected chi connectivity index (χ2v) is 4.15. The van der Waals surface area contributed by atoms with Crippen LogP contribution in [0.5, 0.6) is 0 Å². The molecule has 0 saturated carbocycles. The Labute approximate surface area is 105 Å². The fraction of sp³-hybridized carbons (Fsp3) is 0.417. The van der Waals surface area contributed by atoms with Crippen molar-refractivity contribution in [3.63, 3.8) is 0 Å².